The van der Waals surface area contributed by atoms with Gasteiger partial charge < -0.3 is 4.74 Å². The van der Waals surface area contributed by atoms with Crippen molar-refractivity contribution < 1.29 is 4.74 Å². The molecule has 0 heterocycles. The Morgan fingerprint density at radius 2 is 1.74 bits per heavy atom. The number of rotatable bonds is 5. The highest BCUT2D eigenvalue weighted by molar-refractivity contribution is 9.11. The summed E-state index contributed by atoms with van der Waals surface area (Å²) in [4.78, 5) is 0.208. The van der Waals surface area contributed by atoms with Crippen molar-refractivity contribution in [3.05, 3.63) is 69.7 Å². The third-order valence-electron chi connectivity index (χ3n) is 3.05. The fourth-order valence-electron chi connectivity index (χ4n) is 1.93. The quantitative estimate of drug-likeness (QED) is 0.651. The normalized spacial score (nSPS) is 12.4. The van der Waals surface area contributed by atoms with Crippen LogP contribution in [0.5, 0.6) is 0 Å². The highest BCUT2D eigenvalue weighted by Gasteiger charge is 2.12. The summed E-state index contributed by atoms with van der Waals surface area (Å²) < 4.78 is 6.22. The molecule has 3 heteroatoms. The first kappa shape index (κ1) is 14.8. The molecule has 2 aromatic carbocycles. The van der Waals surface area contributed by atoms with E-state index in [4.69, 9.17) is 4.74 Å². The first-order chi connectivity index (χ1) is 9.22. The summed E-state index contributed by atoms with van der Waals surface area (Å²) in [5.41, 5.74) is 3.80. The number of halogens is 2. The van der Waals surface area contributed by atoms with Crippen LogP contribution in [0.3, 0.4) is 0 Å². The van der Waals surface area contributed by atoms with Gasteiger partial charge in [-0.15, -0.1) is 0 Å². The largest absolute Gasteiger partial charge is 0.384 e. The Kier molecular flexibility index (Phi) is 5.61. The fraction of sp³-hybridized carbons (Fsp3) is 0.250. The highest BCUT2D eigenvalue weighted by Crippen LogP contribution is 2.35. The van der Waals surface area contributed by atoms with E-state index in [1.807, 2.05) is 6.07 Å². The Labute approximate surface area is 131 Å². The number of methoxy groups -OCH3 is 1. The van der Waals surface area contributed by atoms with E-state index in [1.54, 1.807) is 7.11 Å². The summed E-state index contributed by atoms with van der Waals surface area (Å²) in [5, 5.41) is 0. The second-order valence-corrected chi connectivity index (χ2v) is 6.14. The van der Waals surface area contributed by atoms with Crippen molar-refractivity contribution in [2.75, 3.05) is 13.7 Å². The van der Waals surface area contributed by atoms with E-state index < -0.39 is 0 Å². The zero-order valence-corrected chi connectivity index (χ0v) is 13.9. The minimum atomic E-state index is 0.208. The second kappa shape index (κ2) is 7.22. The van der Waals surface area contributed by atoms with Gasteiger partial charge in [0.2, 0.25) is 0 Å². The average Bonchev–Trinajstić information content (AvgIpc) is 2.45. The highest BCUT2D eigenvalue weighted by atomic mass is 79.9. The smallest absolute Gasteiger partial charge is 0.0655 e. The van der Waals surface area contributed by atoms with Gasteiger partial charge in [0, 0.05) is 11.6 Å². The van der Waals surface area contributed by atoms with Crippen LogP contribution in [0.25, 0.3) is 0 Å². The molecule has 2 rings (SSSR count). The lowest BCUT2D eigenvalue weighted by Crippen LogP contribution is -1.97. The van der Waals surface area contributed by atoms with Gasteiger partial charge >= 0.3 is 0 Å². The molecule has 0 N–H and O–H groups in total. The molecule has 0 radical (unpaired) electrons. The van der Waals surface area contributed by atoms with E-state index in [0.29, 0.717) is 0 Å². The van der Waals surface area contributed by atoms with Gasteiger partial charge in [-0.05, 0) is 29.2 Å². The molecule has 0 aliphatic rings. The van der Waals surface area contributed by atoms with Gasteiger partial charge in [-0.3, -0.25) is 0 Å². The number of ether oxygens (including phenoxy) is 1. The maximum atomic E-state index is 5.09. The molecule has 0 bridgehead atoms. The molecule has 1 unspecified atom stereocenters. The first-order valence-electron chi connectivity index (χ1n) is 6.18. The molecule has 0 aliphatic carbocycles. The van der Waals surface area contributed by atoms with Crippen molar-refractivity contribution >= 4 is 31.9 Å². The minimum absolute atomic E-state index is 0.208. The van der Waals surface area contributed by atoms with Crippen molar-refractivity contribution in [1.29, 1.82) is 0 Å². The van der Waals surface area contributed by atoms with Crippen LogP contribution in [-0.2, 0) is 11.2 Å². The van der Waals surface area contributed by atoms with Gasteiger partial charge in [-0.25, -0.2) is 0 Å². The zero-order chi connectivity index (χ0) is 13.7. The Balaban J connectivity index is 2.16. The van der Waals surface area contributed by atoms with E-state index in [9.17, 15) is 0 Å². The summed E-state index contributed by atoms with van der Waals surface area (Å²) in [6, 6.07) is 17.0. The molecule has 19 heavy (non-hydrogen) atoms. The lowest BCUT2D eigenvalue weighted by atomic mass is 10.0. The van der Waals surface area contributed by atoms with Crippen molar-refractivity contribution in [3.63, 3.8) is 0 Å². The van der Waals surface area contributed by atoms with Crippen LogP contribution in [0, 0.1) is 0 Å². The van der Waals surface area contributed by atoms with E-state index in [2.05, 4.69) is 74.3 Å². The van der Waals surface area contributed by atoms with Crippen LogP contribution in [0.4, 0.5) is 0 Å². The summed E-state index contributed by atoms with van der Waals surface area (Å²) in [5.74, 6) is 0. The molecule has 2 aromatic rings. The van der Waals surface area contributed by atoms with Crippen molar-refractivity contribution in [2.24, 2.45) is 0 Å². The van der Waals surface area contributed by atoms with Gasteiger partial charge in [-0.1, -0.05) is 74.3 Å². The summed E-state index contributed by atoms with van der Waals surface area (Å²) >= 11 is 7.36. The third kappa shape index (κ3) is 3.91. The Morgan fingerprint density at radius 3 is 2.37 bits per heavy atom. The molecule has 0 saturated heterocycles. The van der Waals surface area contributed by atoms with Crippen molar-refractivity contribution in [3.8, 4) is 0 Å². The van der Waals surface area contributed by atoms with Crippen molar-refractivity contribution in [2.45, 2.75) is 11.2 Å². The van der Waals surface area contributed by atoms with E-state index in [-0.39, 0.29) is 4.83 Å². The van der Waals surface area contributed by atoms with Crippen LogP contribution < -0.4 is 0 Å². The monoisotopic (exact) mass is 382 g/mol. The van der Waals surface area contributed by atoms with Gasteiger partial charge in [0.15, 0.2) is 0 Å². The topological polar surface area (TPSA) is 9.23 Å². The molecular weight excluding hydrogens is 368 g/mol. The maximum Gasteiger partial charge on any atom is 0.0655 e. The minimum Gasteiger partial charge on any atom is -0.384 e. The van der Waals surface area contributed by atoms with Crippen LogP contribution in [0.2, 0.25) is 0 Å². The molecular formula is C16H16Br2O. The maximum absolute atomic E-state index is 5.09. The summed E-state index contributed by atoms with van der Waals surface area (Å²) in [6.07, 6.45) is 0.957. The molecule has 0 aliphatic heterocycles. The van der Waals surface area contributed by atoms with Crippen LogP contribution >= 0.6 is 31.9 Å². The number of benzene rings is 2. The van der Waals surface area contributed by atoms with Crippen LogP contribution in [0.1, 0.15) is 21.5 Å². The molecule has 0 amide bonds. The van der Waals surface area contributed by atoms with Crippen LogP contribution in [0.15, 0.2) is 53.0 Å². The van der Waals surface area contributed by atoms with Gasteiger partial charge in [0.05, 0.1) is 11.4 Å². The lowest BCUT2D eigenvalue weighted by molar-refractivity contribution is 0.202. The Hall–Kier alpha value is -0.640. The summed E-state index contributed by atoms with van der Waals surface area (Å²) in [7, 11) is 1.73. The predicted molar refractivity (Wildman–Crippen MR) is 86.9 cm³/mol. The molecule has 0 aromatic heterocycles. The molecule has 0 spiro atoms. The van der Waals surface area contributed by atoms with Crippen LogP contribution in [-0.4, -0.2) is 13.7 Å². The van der Waals surface area contributed by atoms with E-state index in [0.717, 1.165) is 17.5 Å². The Bertz CT molecular complexity index is 523. The van der Waals surface area contributed by atoms with E-state index in [1.165, 1.54) is 16.7 Å². The molecule has 1 atom stereocenters. The van der Waals surface area contributed by atoms with E-state index >= 15 is 0 Å². The Morgan fingerprint density at radius 1 is 1.05 bits per heavy atom. The van der Waals surface area contributed by atoms with Gasteiger partial charge in [0.1, 0.15) is 0 Å². The lowest BCUT2D eigenvalue weighted by Gasteiger charge is -2.13. The number of hydrogen-bond acceptors (Lipinski definition) is 1. The predicted octanol–water partition coefficient (Wildman–Crippen LogP) is 5.12. The average molecular weight is 384 g/mol. The van der Waals surface area contributed by atoms with Gasteiger partial charge in [-0.2, -0.15) is 0 Å². The standard InChI is InChI=1S/C16H16Br2O/c1-19-11-10-12-6-8-13(9-7-12)16(18)14-4-2-3-5-15(14)17/h2-9,16H,10-11H2,1H3. The summed E-state index contributed by atoms with van der Waals surface area (Å²) in [6.45, 7) is 0.765. The molecule has 100 valence electrons. The molecule has 0 fully saturated rings. The third-order valence-corrected chi connectivity index (χ3v) is 4.79. The van der Waals surface area contributed by atoms with Crippen molar-refractivity contribution in [1.82, 2.24) is 0 Å². The second-order valence-electron chi connectivity index (χ2n) is 4.37. The number of alkyl halides is 1. The molecule has 1 nitrogen and oxygen atoms in total. The number of hydrogen-bond donors (Lipinski definition) is 0. The molecule has 0 saturated carbocycles. The zero-order valence-electron chi connectivity index (χ0n) is 10.8. The fourth-order valence-corrected chi connectivity index (χ4v) is 3.46. The first-order valence-corrected chi connectivity index (χ1v) is 7.89. The van der Waals surface area contributed by atoms with Gasteiger partial charge in [0.25, 0.3) is 0 Å². The SMILES string of the molecule is COCCc1ccc(C(Br)c2ccccc2Br)cc1.